The second-order valence-corrected chi connectivity index (χ2v) is 4.31. The molecule has 76 valence electrons. The summed E-state index contributed by atoms with van der Waals surface area (Å²) in [4.78, 5) is 8.31. The number of hydrogen-bond donors (Lipinski definition) is 1. The van der Waals surface area contributed by atoms with Gasteiger partial charge in [0.05, 0.1) is 5.69 Å². The van der Waals surface area contributed by atoms with Crippen molar-refractivity contribution in [3.05, 3.63) is 23.8 Å². The van der Waals surface area contributed by atoms with Crippen LogP contribution in [0.5, 0.6) is 0 Å². The van der Waals surface area contributed by atoms with E-state index in [0.717, 1.165) is 17.3 Å². The summed E-state index contributed by atoms with van der Waals surface area (Å²) in [6.07, 6.45) is 4.27. The van der Waals surface area contributed by atoms with E-state index in [4.69, 9.17) is 5.73 Å². The van der Waals surface area contributed by atoms with Crippen LogP contribution in [0.4, 0.5) is 0 Å². The first-order valence-corrected chi connectivity index (χ1v) is 5.22. The molecular weight excluding hydrogens is 174 g/mol. The molecule has 0 bridgehead atoms. The van der Waals surface area contributed by atoms with Crippen LogP contribution in [-0.4, -0.2) is 9.97 Å². The van der Waals surface area contributed by atoms with E-state index in [1.165, 1.54) is 12.8 Å². The van der Waals surface area contributed by atoms with Gasteiger partial charge in [-0.25, -0.2) is 9.97 Å². The summed E-state index contributed by atoms with van der Waals surface area (Å²) in [7, 11) is 0. The van der Waals surface area contributed by atoms with E-state index in [9.17, 15) is 0 Å². The Hall–Kier alpha value is -0.960. The highest BCUT2D eigenvalue weighted by Crippen LogP contribution is 2.41. The fourth-order valence-electron chi connectivity index (χ4n) is 1.84. The SMILES string of the molecule is Cc1cc(C(N)C(C)C2CC2)ncn1. The molecule has 0 aliphatic heterocycles. The fraction of sp³-hybridized carbons (Fsp3) is 0.636. The van der Waals surface area contributed by atoms with Crippen LogP contribution in [0.3, 0.4) is 0 Å². The molecule has 0 saturated heterocycles. The maximum atomic E-state index is 6.16. The van der Waals surface area contributed by atoms with Crippen molar-refractivity contribution in [1.29, 1.82) is 0 Å². The van der Waals surface area contributed by atoms with Crippen LogP contribution in [0.1, 0.15) is 37.2 Å². The highest BCUT2D eigenvalue weighted by molar-refractivity contribution is 5.12. The Morgan fingerprint density at radius 1 is 1.43 bits per heavy atom. The topological polar surface area (TPSA) is 51.8 Å². The first-order chi connectivity index (χ1) is 6.68. The van der Waals surface area contributed by atoms with Gasteiger partial charge in [0.2, 0.25) is 0 Å². The van der Waals surface area contributed by atoms with Gasteiger partial charge in [0.25, 0.3) is 0 Å². The second kappa shape index (κ2) is 3.65. The summed E-state index contributed by atoms with van der Waals surface area (Å²) in [6, 6.07) is 2.06. The summed E-state index contributed by atoms with van der Waals surface area (Å²) in [5.74, 6) is 1.37. The minimum atomic E-state index is 0.0733. The third kappa shape index (κ3) is 1.93. The molecule has 1 fully saturated rings. The van der Waals surface area contributed by atoms with Crippen molar-refractivity contribution in [3.63, 3.8) is 0 Å². The predicted molar refractivity (Wildman–Crippen MR) is 55.6 cm³/mol. The van der Waals surface area contributed by atoms with Gasteiger partial charge in [0.1, 0.15) is 6.33 Å². The summed E-state index contributed by atoms with van der Waals surface area (Å²) in [5.41, 5.74) is 8.14. The first kappa shape index (κ1) is 9.59. The molecule has 1 aromatic heterocycles. The zero-order valence-corrected chi connectivity index (χ0v) is 8.77. The van der Waals surface area contributed by atoms with Crippen molar-refractivity contribution < 1.29 is 0 Å². The number of rotatable bonds is 3. The second-order valence-electron chi connectivity index (χ2n) is 4.31. The van der Waals surface area contributed by atoms with Gasteiger partial charge in [0.15, 0.2) is 0 Å². The molecule has 1 aliphatic rings. The Bertz CT molecular complexity index is 320. The molecule has 3 heteroatoms. The fourth-order valence-corrected chi connectivity index (χ4v) is 1.84. The first-order valence-electron chi connectivity index (χ1n) is 5.22. The van der Waals surface area contributed by atoms with Crippen LogP contribution < -0.4 is 5.73 Å². The van der Waals surface area contributed by atoms with Crippen LogP contribution in [-0.2, 0) is 0 Å². The molecule has 1 heterocycles. The zero-order valence-electron chi connectivity index (χ0n) is 8.77. The van der Waals surface area contributed by atoms with Crippen molar-refractivity contribution in [1.82, 2.24) is 9.97 Å². The van der Waals surface area contributed by atoms with Crippen molar-refractivity contribution >= 4 is 0 Å². The van der Waals surface area contributed by atoms with Gasteiger partial charge in [-0.15, -0.1) is 0 Å². The lowest BCUT2D eigenvalue weighted by Crippen LogP contribution is -2.21. The molecule has 14 heavy (non-hydrogen) atoms. The minimum absolute atomic E-state index is 0.0733. The van der Waals surface area contributed by atoms with Crippen LogP contribution >= 0.6 is 0 Å². The van der Waals surface area contributed by atoms with Gasteiger partial charge in [0, 0.05) is 11.7 Å². The third-order valence-electron chi connectivity index (χ3n) is 3.10. The molecule has 3 nitrogen and oxygen atoms in total. The molecule has 0 aromatic carbocycles. The average Bonchev–Trinajstić information content (AvgIpc) is 2.99. The molecular formula is C11H17N3. The van der Waals surface area contributed by atoms with Crippen LogP contribution in [0.25, 0.3) is 0 Å². The number of aryl methyl sites for hydroxylation is 1. The number of nitrogens with two attached hydrogens (primary N) is 1. The molecule has 2 unspecified atom stereocenters. The standard InChI is InChI=1S/C11H17N3/c1-7-5-10(14-6-13-7)11(12)8(2)9-3-4-9/h5-6,8-9,11H,3-4,12H2,1-2H3. The van der Waals surface area contributed by atoms with E-state index >= 15 is 0 Å². The maximum Gasteiger partial charge on any atom is 0.115 e. The monoisotopic (exact) mass is 191 g/mol. The summed E-state index contributed by atoms with van der Waals surface area (Å²) in [5, 5.41) is 0. The number of aromatic nitrogens is 2. The van der Waals surface area contributed by atoms with Crippen LogP contribution in [0, 0.1) is 18.8 Å². The van der Waals surface area contributed by atoms with E-state index in [0.29, 0.717) is 5.92 Å². The van der Waals surface area contributed by atoms with Crippen LogP contribution in [0.2, 0.25) is 0 Å². The van der Waals surface area contributed by atoms with Crippen molar-refractivity contribution in [2.45, 2.75) is 32.7 Å². The molecule has 0 radical (unpaired) electrons. The lowest BCUT2D eigenvalue weighted by Gasteiger charge is -2.18. The van der Waals surface area contributed by atoms with Gasteiger partial charge in [-0.05, 0) is 37.7 Å². The van der Waals surface area contributed by atoms with E-state index in [2.05, 4.69) is 16.9 Å². The molecule has 2 N–H and O–H groups in total. The third-order valence-corrected chi connectivity index (χ3v) is 3.10. The Balaban J connectivity index is 2.13. The summed E-state index contributed by atoms with van der Waals surface area (Å²) in [6.45, 7) is 4.19. The molecule has 2 rings (SSSR count). The van der Waals surface area contributed by atoms with E-state index < -0.39 is 0 Å². The van der Waals surface area contributed by atoms with Gasteiger partial charge in [-0.1, -0.05) is 6.92 Å². The lowest BCUT2D eigenvalue weighted by atomic mass is 9.94. The van der Waals surface area contributed by atoms with E-state index in [1.54, 1.807) is 6.33 Å². The Morgan fingerprint density at radius 3 is 2.71 bits per heavy atom. The zero-order chi connectivity index (χ0) is 10.1. The largest absolute Gasteiger partial charge is 0.322 e. The van der Waals surface area contributed by atoms with Gasteiger partial charge in [-0.2, -0.15) is 0 Å². The highest BCUT2D eigenvalue weighted by atomic mass is 14.9. The summed E-state index contributed by atoms with van der Waals surface area (Å²) < 4.78 is 0. The average molecular weight is 191 g/mol. The Morgan fingerprint density at radius 2 is 2.14 bits per heavy atom. The van der Waals surface area contributed by atoms with E-state index in [-0.39, 0.29) is 6.04 Å². The molecule has 1 aromatic rings. The number of nitrogens with zero attached hydrogens (tertiary/aromatic N) is 2. The van der Waals surface area contributed by atoms with Gasteiger partial charge >= 0.3 is 0 Å². The molecule has 0 amide bonds. The van der Waals surface area contributed by atoms with E-state index in [1.807, 2.05) is 13.0 Å². The predicted octanol–water partition coefficient (Wildman–Crippen LogP) is 1.83. The minimum Gasteiger partial charge on any atom is -0.322 e. The smallest absolute Gasteiger partial charge is 0.115 e. The van der Waals surface area contributed by atoms with Gasteiger partial charge in [-0.3, -0.25) is 0 Å². The lowest BCUT2D eigenvalue weighted by molar-refractivity contribution is 0.409. The van der Waals surface area contributed by atoms with Crippen molar-refractivity contribution in [2.24, 2.45) is 17.6 Å². The normalized spacial score (nSPS) is 20.5. The Labute approximate surface area is 84.8 Å². The van der Waals surface area contributed by atoms with Gasteiger partial charge < -0.3 is 5.73 Å². The highest BCUT2D eigenvalue weighted by Gasteiger charge is 2.32. The molecule has 0 spiro atoms. The quantitative estimate of drug-likeness (QED) is 0.793. The van der Waals surface area contributed by atoms with Crippen molar-refractivity contribution in [2.75, 3.05) is 0 Å². The number of hydrogen-bond acceptors (Lipinski definition) is 3. The Kier molecular flexibility index (Phi) is 2.50. The van der Waals surface area contributed by atoms with Crippen molar-refractivity contribution in [3.8, 4) is 0 Å². The molecule has 1 aliphatic carbocycles. The molecule has 2 atom stereocenters. The maximum absolute atomic E-state index is 6.16. The molecule has 1 saturated carbocycles. The van der Waals surface area contributed by atoms with Crippen LogP contribution in [0.15, 0.2) is 12.4 Å². The summed E-state index contributed by atoms with van der Waals surface area (Å²) >= 11 is 0.